The Morgan fingerprint density at radius 1 is 0.561 bits per heavy atom. The van der Waals surface area contributed by atoms with Crippen molar-refractivity contribution in [3.8, 4) is 11.5 Å². The summed E-state index contributed by atoms with van der Waals surface area (Å²) in [6.07, 6.45) is 8.19. The molecule has 4 nitrogen and oxygen atoms in total. The van der Waals surface area contributed by atoms with E-state index < -0.39 is 0 Å². The molecule has 0 bridgehead atoms. The maximum atomic E-state index is 13.5. The standard InChI is InChI=1S/C36H54N2O2.Ca/c1-33(2,3)25-17-23(31(39)27(19-25)35(7,8)9)21-37-29-15-13-14-16-30(29)38-22-24-18-26(34(4,5)6)20-28(32(24)40)36(10,11)12;/h17-22,29-30,39-40H,13-16H2,1-12H3;/q;+2/t29-,30-;/m0./s1. The summed E-state index contributed by atoms with van der Waals surface area (Å²) < 4.78 is 0. The molecule has 2 atom stereocenters. The Morgan fingerprint density at radius 2 is 0.878 bits per heavy atom. The Bertz CT molecular complexity index is 1170. The van der Waals surface area contributed by atoms with Crippen LogP contribution in [0, 0.1) is 0 Å². The van der Waals surface area contributed by atoms with Crippen molar-refractivity contribution in [1.82, 2.24) is 0 Å². The third kappa shape index (κ3) is 9.07. The molecule has 41 heavy (non-hydrogen) atoms. The summed E-state index contributed by atoms with van der Waals surface area (Å²) in [6.45, 7) is 25.8. The molecule has 0 heterocycles. The first kappa shape index (κ1) is 35.8. The molecule has 2 aromatic rings. The molecule has 3 rings (SSSR count). The zero-order valence-corrected chi connectivity index (χ0v) is 30.2. The van der Waals surface area contributed by atoms with Crippen LogP contribution in [0.3, 0.4) is 0 Å². The molecular formula is C36H54CaN2O2+2. The van der Waals surface area contributed by atoms with Crippen LogP contribution in [-0.2, 0) is 21.7 Å². The van der Waals surface area contributed by atoms with Gasteiger partial charge in [0.25, 0.3) is 0 Å². The SMILES string of the molecule is CC(C)(C)c1cc(C=[NH+][C@H]2CCCC[C@@H]2[NH+]=Cc2cc(C(C)(C)C)cc(C(C)(C)C)c2[O-])c([O-])c(C(C)(C)C)c1.[Ca+2]. The first-order valence-electron chi connectivity index (χ1n) is 15.1. The maximum Gasteiger partial charge on any atom is 2.00 e. The number of benzene rings is 2. The topological polar surface area (TPSA) is 74.1 Å². The van der Waals surface area contributed by atoms with E-state index in [0.29, 0.717) is 0 Å². The van der Waals surface area contributed by atoms with E-state index >= 15 is 0 Å². The van der Waals surface area contributed by atoms with Crippen molar-refractivity contribution in [2.75, 3.05) is 0 Å². The molecule has 0 unspecified atom stereocenters. The molecule has 0 saturated heterocycles. The number of nitrogens with one attached hydrogen (secondary N) is 2. The van der Waals surface area contributed by atoms with Gasteiger partial charge in [-0.3, -0.25) is 0 Å². The molecule has 1 saturated carbocycles. The van der Waals surface area contributed by atoms with Crippen LogP contribution in [0.25, 0.3) is 0 Å². The van der Waals surface area contributed by atoms with Gasteiger partial charge in [0.05, 0.1) is 0 Å². The van der Waals surface area contributed by atoms with Gasteiger partial charge in [0.1, 0.15) is 0 Å². The van der Waals surface area contributed by atoms with Gasteiger partial charge in [-0.2, -0.15) is 0 Å². The first-order chi connectivity index (χ1) is 18.2. The minimum atomic E-state index is -0.228. The van der Waals surface area contributed by atoms with E-state index in [0.717, 1.165) is 47.9 Å². The molecule has 2 N–H and O–H groups in total. The van der Waals surface area contributed by atoms with Gasteiger partial charge in [0, 0.05) is 24.0 Å². The van der Waals surface area contributed by atoms with Gasteiger partial charge in [0.2, 0.25) is 12.1 Å². The van der Waals surface area contributed by atoms with Crippen molar-refractivity contribution >= 4 is 50.2 Å². The second kappa shape index (κ2) is 13.1. The van der Waals surface area contributed by atoms with E-state index in [2.05, 4.69) is 117 Å². The fraction of sp³-hybridized carbons (Fsp3) is 0.611. The van der Waals surface area contributed by atoms with Crippen LogP contribution in [0.2, 0.25) is 0 Å². The molecule has 0 spiro atoms. The van der Waals surface area contributed by atoms with Crippen LogP contribution in [0.1, 0.15) is 142 Å². The Balaban J connectivity index is 0.00000588. The van der Waals surface area contributed by atoms with Gasteiger partial charge in [-0.1, -0.05) is 107 Å². The van der Waals surface area contributed by atoms with Crippen LogP contribution in [0.15, 0.2) is 24.3 Å². The number of rotatable bonds is 4. The molecule has 220 valence electrons. The third-order valence-corrected chi connectivity index (χ3v) is 8.26. The molecule has 2 aromatic carbocycles. The Morgan fingerprint density at radius 3 is 1.15 bits per heavy atom. The zero-order chi connectivity index (χ0) is 30.3. The Kier molecular flexibility index (Phi) is 11.5. The van der Waals surface area contributed by atoms with E-state index in [1.165, 1.54) is 11.1 Å². The third-order valence-electron chi connectivity index (χ3n) is 8.26. The Labute approximate surface area is 280 Å². The van der Waals surface area contributed by atoms with Crippen molar-refractivity contribution in [3.63, 3.8) is 0 Å². The Hall–Kier alpha value is -1.36. The summed E-state index contributed by atoms with van der Waals surface area (Å²) in [5, 5.41) is 27.0. The molecule has 0 radical (unpaired) electrons. The molecule has 0 aliphatic heterocycles. The molecule has 0 aromatic heterocycles. The summed E-state index contributed by atoms with van der Waals surface area (Å²) in [6, 6.07) is 8.64. The second-order valence-electron chi connectivity index (χ2n) is 16.0. The van der Waals surface area contributed by atoms with Gasteiger partial charge in [0.15, 0.2) is 12.4 Å². The van der Waals surface area contributed by atoms with Gasteiger partial charge < -0.3 is 10.2 Å². The second-order valence-corrected chi connectivity index (χ2v) is 16.0. The predicted octanol–water partition coefficient (Wildman–Crippen LogP) is 3.65. The molecule has 5 heteroatoms. The molecule has 0 amide bonds. The van der Waals surface area contributed by atoms with Gasteiger partial charge in [-0.05, 0) is 68.9 Å². The first-order valence-corrected chi connectivity index (χ1v) is 15.1. The molecule has 1 aliphatic rings. The van der Waals surface area contributed by atoms with Crippen molar-refractivity contribution in [1.29, 1.82) is 0 Å². The fourth-order valence-electron chi connectivity index (χ4n) is 5.42. The van der Waals surface area contributed by atoms with Crippen LogP contribution in [0.5, 0.6) is 11.5 Å². The summed E-state index contributed by atoms with van der Waals surface area (Å²) in [5.74, 6) is 0.203. The summed E-state index contributed by atoms with van der Waals surface area (Å²) in [7, 11) is 0. The van der Waals surface area contributed by atoms with Gasteiger partial charge in [-0.15, -0.1) is 0 Å². The fourth-order valence-corrected chi connectivity index (χ4v) is 5.42. The maximum absolute atomic E-state index is 13.5. The van der Waals surface area contributed by atoms with Crippen molar-refractivity contribution < 1.29 is 20.2 Å². The summed E-state index contributed by atoms with van der Waals surface area (Å²) in [5.41, 5.74) is 4.95. The smallest absolute Gasteiger partial charge is 0.872 e. The quantitative estimate of drug-likeness (QED) is 0.424. The van der Waals surface area contributed by atoms with Gasteiger partial charge >= 0.3 is 37.7 Å². The monoisotopic (exact) mass is 586 g/mol. The van der Waals surface area contributed by atoms with Crippen LogP contribution in [0.4, 0.5) is 0 Å². The summed E-state index contributed by atoms with van der Waals surface area (Å²) >= 11 is 0. The van der Waals surface area contributed by atoms with E-state index in [4.69, 9.17) is 0 Å². The predicted molar refractivity (Wildman–Crippen MR) is 171 cm³/mol. The van der Waals surface area contributed by atoms with Crippen molar-refractivity contribution in [2.45, 2.75) is 143 Å². The van der Waals surface area contributed by atoms with E-state index in [9.17, 15) is 10.2 Å². The van der Waals surface area contributed by atoms with Crippen molar-refractivity contribution in [2.24, 2.45) is 0 Å². The number of hydrogen-bond acceptors (Lipinski definition) is 2. The van der Waals surface area contributed by atoms with Crippen LogP contribution >= 0.6 is 0 Å². The zero-order valence-electron chi connectivity index (χ0n) is 28.0. The van der Waals surface area contributed by atoms with Crippen LogP contribution in [-0.4, -0.2) is 62.3 Å². The summed E-state index contributed by atoms with van der Waals surface area (Å²) in [4.78, 5) is 7.25. The van der Waals surface area contributed by atoms with E-state index in [1.807, 2.05) is 12.4 Å². The average molecular weight is 587 g/mol. The van der Waals surface area contributed by atoms with Gasteiger partial charge in [-0.25, -0.2) is 9.98 Å². The van der Waals surface area contributed by atoms with E-state index in [1.54, 1.807) is 0 Å². The largest absolute Gasteiger partial charge is 2.00 e. The average Bonchev–Trinajstić information content (AvgIpc) is 2.80. The van der Waals surface area contributed by atoms with Crippen molar-refractivity contribution in [3.05, 3.63) is 57.6 Å². The van der Waals surface area contributed by atoms with Crippen LogP contribution < -0.4 is 20.2 Å². The number of hydrogen-bond donors (Lipinski definition) is 2. The minimum Gasteiger partial charge on any atom is -0.872 e. The van der Waals surface area contributed by atoms with E-state index in [-0.39, 0.29) is 83.0 Å². The normalized spacial score (nSPS) is 19.1. The minimum absolute atomic E-state index is 0. The molecular weight excluding hydrogens is 532 g/mol. The molecule has 1 aliphatic carbocycles. The molecule has 1 fully saturated rings.